The van der Waals surface area contributed by atoms with Crippen LogP contribution in [-0.2, 0) is 11.3 Å². The normalized spacial score (nSPS) is 11.0. The highest BCUT2D eigenvalue weighted by Crippen LogP contribution is 2.23. The number of nitrogens with one attached hydrogen (secondary N) is 1. The number of anilines is 1. The van der Waals surface area contributed by atoms with Crippen LogP contribution in [0.25, 0.3) is 16.6 Å². The Balaban J connectivity index is 1.57. The molecule has 9 heteroatoms. The van der Waals surface area contributed by atoms with Crippen LogP contribution in [0.1, 0.15) is 5.69 Å². The summed E-state index contributed by atoms with van der Waals surface area (Å²) in [6.45, 7) is 1.89. The lowest BCUT2D eigenvalue weighted by Crippen LogP contribution is -2.20. The Bertz CT molecular complexity index is 1240. The van der Waals surface area contributed by atoms with E-state index in [0.717, 1.165) is 16.9 Å². The number of fused-ring (bicyclic) bond motifs is 1. The summed E-state index contributed by atoms with van der Waals surface area (Å²) >= 11 is 6.07. The molecular formula is C20H16ClN5O3. The number of nitro benzene ring substituents is 1. The van der Waals surface area contributed by atoms with Gasteiger partial charge in [-0.2, -0.15) is 5.10 Å². The lowest BCUT2D eigenvalue weighted by molar-refractivity contribution is -0.384. The van der Waals surface area contributed by atoms with Gasteiger partial charge >= 0.3 is 0 Å². The average molecular weight is 410 g/mol. The second kappa shape index (κ2) is 7.40. The van der Waals surface area contributed by atoms with Crippen molar-refractivity contribution in [3.63, 3.8) is 0 Å². The van der Waals surface area contributed by atoms with Crippen LogP contribution >= 0.6 is 11.6 Å². The molecule has 0 atom stereocenters. The van der Waals surface area contributed by atoms with Gasteiger partial charge in [-0.3, -0.25) is 14.9 Å². The number of benzene rings is 2. The summed E-state index contributed by atoms with van der Waals surface area (Å²) in [6.07, 6.45) is 1.73. The van der Waals surface area contributed by atoms with E-state index in [0.29, 0.717) is 16.2 Å². The van der Waals surface area contributed by atoms with Gasteiger partial charge in [0.05, 0.1) is 16.3 Å². The van der Waals surface area contributed by atoms with E-state index in [1.54, 1.807) is 45.8 Å². The standard InChI is InChI=1S/C20H16ClN5O3/c1-13-9-19(25(23-13)16-4-2-3-15(21)11-16)22-20(27)12-24-8-7-14-10-17(26(28)29)5-6-18(14)24/h2-11H,12H2,1H3,(H,22,27). The number of hydrogen-bond donors (Lipinski definition) is 1. The molecule has 1 N–H and O–H groups in total. The Morgan fingerprint density at radius 1 is 1.21 bits per heavy atom. The number of rotatable bonds is 5. The van der Waals surface area contributed by atoms with E-state index >= 15 is 0 Å². The molecule has 0 unspecified atom stereocenters. The van der Waals surface area contributed by atoms with Crippen LogP contribution in [0.3, 0.4) is 0 Å². The highest BCUT2D eigenvalue weighted by molar-refractivity contribution is 6.30. The van der Waals surface area contributed by atoms with E-state index in [1.807, 2.05) is 19.1 Å². The number of amides is 1. The lowest BCUT2D eigenvalue weighted by Gasteiger charge is -2.10. The molecule has 0 saturated heterocycles. The van der Waals surface area contributed by atoms with Gasteiger partial charge in [-0.25, -0.2) is 4.68 Å². The molecule has 0 radical (unpaired) electrons. The second-order valence-electron chi connectivity index (χ2n) is 6.55. The monoisotopic (exact) mass is 409 g/mol. The molecule has 2 heterocycles. The van der Waals surface area contributed by atoms with E-state index in [2.05, 4.69) is 10.4 Å². The minimum atomic E-state index is -0.442. The number of carbonyl (C=O) groups excluding carboxylic acids is 1. The Hall–Kier alpha value is -3.65. The van der Waals surface area contributed by atoms with Crippen LogP contribution < -0.4 is 5.32 Å². The quantitative estimate of drug-likeness (QED) is 0.392. The summed E-state index contributed by atoms with van der Waals surface area (Å²) in [4.78, 5) is 23.1. The Labute approximate surface area is 170 Å². The van der Waals surface area contributed by atoms with Crippen LogP contribution in [0.4, 0.5) is 11.5 Å². The number of nitro groups is 1. The largest absolute Gasteiger partial charge is 0.338 e. The lowest BCUT2D eigenvalue weighted by atomic mass is 10.2. The molecule has 0 aliphatic carbocycles. The molecular weight excluding hydrogens is 394 g/mol. The van der Waals surface area contributed by atoms with Crippen LogP contribution in [-0.4, -0.2) is 25.2 Å². The summed E-state index contributed by atoms with van der Waals surface area (Å²) in [5.41, 5.74) is 2.24. The van der Waals surface area contributed by atoms with E-state index in [4.69, 9.17) is 11.6 Å². The van der Waals surface area contributed by atoms with Gasteiger partial charge in [0, 0.05) is 40.3 Å². The van der Waals surface area contributed by atoms with E-state index < -0.39 is 4.92 Å². The summed E-state index contributed by atoms with van der Waals surface area (Å²) < 4.78 is 3.36. The van der Waals surface area contributed by atoms with Gasteiger partial charge in [0.25, 0.3) is 5.69 Å². The highest BCUT2D eigenvalue weighted by Gasteiger charge is 2.14. The molecule has 4 aromatic rings. The van der Waals surface area contributed by atoms with Crippen LogP contribution in [0, 0.1) is 17.0 Å². The molecule has 1 amide bonds. The maximum absolute atomic E-state index is 12.7. The molecule has 0 bridgehead atoms. The van der Waals surface area contributed by atoms with Gasteiger partial charge < -0.3 is 9.88 Å². The summed E-state index contributed by atoms with van der Waals surface area (Å²) in [5.74, 6) is 0.283. The SMILES string of the molecule is Cc1cc(NC(=O)Cn2ccc3cc([N+](=O)[O-])ccc32)n(-c2cccc(Cl)c2)n1. The molecule has 2 aromatic heterocycles. The van der Waals surface area contributed by atoms with Crippen LogP contribution in [0.2, 0.25) is 5.02 Å². The topological polar surface area (TPSA) is 95.0 Å². The third-order valence-electron chi connectivity index (χ3n) is 4.43. The third-order valence-corrected chi connectivity index (χ3v) is 4.67. The summed E-state index contributed by atoms with van der Waals surface area (Å²) in [6, 6.07) is 15.3. The number of hydrogen-bond acceptors (Lipinski definition) is 4. The number of nitrogens with zero attached hydrogens (tertiary/aromatic N) is 4. The summed E-state index contributed by atoms with van der Waals surface area (Å²) in [5, 5.41) is 19.5. The van der Waals surface area contributed by atoms with Gasteiger partial charge in [0.15, 0.2) is 0 Å². The Morgan fingerprint density at radius 2 is 2.03 bits per heavy atom. The van der Waals surface area contributed by atoms with Crippen molar-refractivity contribution in [1.29, 1.82) is 0 Å². The minimum absolute atomic E-state index is 0.0144. The molecule has 146 valence electrons. The molecule has 0 saturated carbocycles. The number of halogens is 1. The minimum Gasteiger partial charge on any atom is -0.338 e. The Kier molecular flexibility index (Phi) is 4.77. The van der Waals surface area contributed by atoms with Crippen molar-refractivity contribution in [2.45, 2.75) is 13.5 Å². The predicted molar refractivity (Wildman–Crippen MR) is 111 cm³/mol. The van der Waals surface area contributed by atoms with Crippen molar-refractivity contribution in [3.8, 4) is 5.69 Å². The van der Waals surface area contributed by atoms with Crippen molar-refractivity contribution >= 4 is 39.9 Å². The fraction of sp³-hybridized carbons (Fsp3) is 0.100. The van der Waals surface area contributed by atoms with Crippen molar-refractivity contribution < 1.29 is 9.72 Å². The van der Waals surface area contributed by atoms with Gasteiger partial charge in [-0.15, -0.1) is 0 Å². The molecule has 0 spiro atoms. The van der Waals surface area contributed by atoms with Crippen LogP contribution in [0.5, 0.6) is 0 Å². The molecule has 4 rings (SSSR count). The maximum atomic E-state index is 12.7. The average Bonchev–Trinajstić information content (AvgIpc) is 3.24. The zero-order valence-electron chi connectivity index (χ0n) is 15.4. The fourth-order valence-corrected chi connectivity index (χ4v) is 3.35. The van der Waals surface area contributed by atoms with Crippen molar-refractivity contribution in [2.24, 2.45) is 0 Å². The number of carbonyl (C=O) groups is 1. The third kappa shape index (κ3) is 3.83. The first kappa shape index (κ1) is 18.7. The predicted octanol–water partition coefficient (Wildman–Crippen LogP) is 4.34. The molecule has 0 fully saturated rings. The maximum Gasteiger partial charge on any atom is 0.270 e. The van der Waals surface area contributed by atoms with Crippen molar-refractivity contribution in [2.75, 3.05) is 5.32 Å². The van der Waals surface area contributed by atoms with Crippen LogP contribution in [0.15, 0.2) is 60.8 Å². The first-order chi connectivity index (χ1) is 13.9. The molecule has 0 aliphatic rings. The Morgan fingerprint density at radius 3 is 2.79 bits per heavy atom. The zero-order valence-corrected chi connectivity index (χ0v) is 16.1. The molecule has 8 nitrogen and oxygen atoms in total. The molecule has 29 heavy (non-hydrogen) atoms. The molecule has 0 aliphatic heterocycles. The van der Waals surface area contributed by atoms with E-state index in [-0.39, 0.29) is 18.1 Å². The summed E-state index contributed by atoms with van der Waals surface area (Å²) in [7, 11) is 0. The van der Waals surface area contributed by atoms with E-state index in [9.17, 15) is 14.9 Å². The van der Waals surface area contributed by atoms with Gasteiger partial charge in [0.2, 0.25) is 5.91 Å². The van der Waals surface area contributed by atoms with Gasteiger partial charge in [0.1, 0.15) is 12.4 Å². The van der Waals surface area contributed by atoms with Gasteiger partial charge in [-0.1, -0.05) is 17.7 Å². The number of aryl methyl sites for hydroxylation is 1. The first-order valence-corrected chi connectivity index (χ1v) is 9.14. The van der Waals surface area contributed by atoms with Crippen molar-refractivity contribution in [1.82, 2.24) is 14.3 Å². The number of non-ortho nitro benzene ring substituents is 1. The zero-order chi connectivity index (χ0) is 20.5. The highest BCUT2D eigenvalue weighted by atomic mass is 35.5. The smallest absolute Gasteiger partial charge is 0.270 e. The van der Waals surface area contributed by atoms with Crippen molar-refractivity contribution in [3.05, 3.63) is 81.6 Å². The fourth-order valence-electron chi connectivity index (χ4n) is 3.17. The van der Waals surface area contributed by atoms with E-state index in [1.165, 1.54) is 12.1 Å². The number of aromatic nitrogens is 3. The molecule has 2 aromatic carbocycles. The van der Waals surface area contributed by atoms with Gasteiger partial charge in [-0.05, 0) is 37.3 Å². The first-order valence-electron chi connectivity index (χ1n) is 8.76. The second-order valence-corrected chi connectivity index (χ2v) is 6.99.